The Balaban J connectivity index is 1.83. The fraction of sp³-hybridized carbons (Fsp3) is 0.375. The van der Waals surface area contributed by atoms with Gasteiger partial charge in [0.15, 0.2) is 5.69 Å². The molecule has 1 aliphatic rings. The van der Waals surface area contributed by atoms with Gasteiger partial charge in [-0.15, -0.1) is 0 Å². The number of hydrogen-bond acceptors (Lipinski definition) is 3. The minimum absolute atomic E-state index is 0.0812. The predicted octanol–water partition coefficient (Wildman–Crippen LogP) is 4.66. The van der Waals surface area contributed by atoms with Crippen molar-refractivity contribution < 1.29 is 9.21 Å². The molecule has 1 amide bonds. The molecule has 4 nitrogen and oxygen atoms in total. The Bertz CT molecular complexity index is 699. The van der Waals surface area contributed by atoms with Gasteiger partial charge in [0.2, 0.25) is 5.89 Å². The fourth-order valence-corrected chi connectivity index (χ4v) is 2.98. The molecule has 2 aromatic rings. The Morgan fingerprint density at radius 2 is 2.14 bits per heavy atom. The minimum Gasteiger partial charge on any atom is -0.444 e. The van der Waals surface area contributed by atoms with Gasteiger partial charge in [0.1, 0.15) is 6.26 Å². The van der Waals surface area contributed by atoms with E-state index in [1.165, 1.54) is 6.26 Å². The van der Waals surface area contributed by atoms with E-state index in [2.05, 4.69) is 11.9 Å². The van der Waals surface area contributed by atoms with Crippen molar-refractivity contribution in [3.8, 4) is 11.5 Å². The molecule has 0 radical (unpaired) electrons. The number of likely N-dealkylation sites (tertiary alicyclic amines) is 1. The molecule has 2 heterocycles. The highest BCUT2D eigenvalue weighted by atomic mass is 35.5. The largest absolute Gasteiger partial charge is 0.444 e. The lowest BCUT2D eigenvalue weighted by molar-refractivity contribution is 0.0629. The van der Waals surface area contributed by atoms with Crippen molar-refractivity contribution in [3.05, 3.63) is 40.2 Å². The number of hydrogen-bond donors (Lipinski definition) is 0. The van der Waals surface area contributed by atoms with Crippen molar-refractivity contribution in [1.29, 1.82) is 0 Å². The molecular formula is C16H16Cl2N2O2. The van der Waals surface area contributed by atoms with Crippen LogP contribution in [0.4, 0.5) is 0 Å². The summed E-state index contributed by atoms with van der Waals surface area (Å²) in [6.45, 7) is 2.84. The Morgan fingerprint density at radius 3 is 2.86 bits per heavy atom. The number of piperidine rings is 1. The van der Waals surface area contributed by atoms with Crippen LogP contribution in [0.2, 0.25) is 10.0 Å². The highest BCUT2D eigenvalue weighted by Crippen LogP contribution is 2.28. The van der Waals surface area contributed by atoms with Gasteiger partial charge < -0.3 is 9.32 Å². The summed E-state index contributed by atoms with van der Waals surface area (Å²) < 4.78 is 5.43. The third-order valence-corrected chi connectivity index (χ3v) is 4.69. The number of amides is 1. The van der Waals surface area contributed by atoms with Gasteiger partial charge >= 0.3 is 0 Å². The maximum Gasteiger partial charge on any atom is 0.276 e. The van der Waals surface area contributed by atoms with Gasteiger partial charge in [-0.3, -0.25) is 4.79 Å². The van der Waals surface area contributed by atoms with Crippen LogP contribution in [0.5, 0.6) is 0 Å². The van der Waals surface area contributed by atoms with Gasteiger partial charge in [-0.1, -0.05) is 23.2 Å². The molecule has 0 N–H and O–H groups in total. The smallest absolute Gasteiger partial charge is 0.276 e. The van der Waals surface area contributed by atoms with E-state index in [4.69, 9.17) is 27.6 Å². The Labute approximate surface area is 139 Å². The SMILES string of the molecule is CC1CCCCN1C(=O)c1coc(-c2ccc(Cl)c(Cl)c2)n1. The van der Waals surface area contributed by atoms with E-state index in [9.17, 15) is 4.79 Å². The van der Waals surface area contributed by atoms with Crippen molar-refractivity contribution in [3.63, 3.8) is 0 Å². The molecule has 1 saturated heterocycles. The number of halogens is 2. The molecule has 1 aromatic heterocycles. The van der Waals surface area contributed by atoms with Crippen LogP contribution in [-0.2, 0) is 0 Å². The lowest BCUT2D eigenvalue weighted by Crippen LogP contribution is -2.42. The molecule has 0 bridgehead atoms. The monoisotopic (exact) mass is 338 g/mol. The molecule has 116 valence electrons. The number of benzene rings is 1. The van der Waals surface area contributed by atoms with Gasteiger partial charge in [-0.2, -0.15) is 0 Å². The van der Waals surface area contributed by atoms with Crippen LogP contribution in [0.1, 0.15) is 36.7 Å². The second-order valence-electron chi connectivity index (χ2n) is 5.51. The van der Waals surface area contributed by atoms with E-state index in [-0.39, 0.29) is 11.9 Å². The standard InChI is InChI=1S/C16H16Cl2N2O2/c1-10-4-2-3-7-20(10)16(21)14-9-22-15(19-14)11-5-6-12(17)13(18)8-11/h5-6,8-10H,2-4,7H2,1H3. The Morgan fingerprint density at radius 1 is 1.32 bits per heavy atom. The number of carbonyl (C=O) groups is 1. The molecule has 1 fully saturated rings. The zero-order chi connectivity index (χ0) is 15.7. The van der Waals surface area contributed by atoms with Crippen molar-refractivity contribution in [2.75, 3.05) is 6.54 Å². The van der Waals surface area contributed by atoms with Gasteiger partial charge in [-0.05, 0) is 44.4 Å². The second kappa shape index (κ2) is 6.31. The fourth-order valence-electron chi connectivity index (χ4n) is 2.68. The van der Waals surface area contributed by atoms with Crippen LogP contribution in [0.3, 0.4) is 0 Å². The zero-order valence-corrected chi connectivity index (χ0v) is 13.7. The average molecular weight is 339 g/mol. The summed E-state index contributed by atoms with van der Waals surface area (Å²) in [5.74, 6) is 0.286. The first-order valence-corrected chi connectivity index (χ1v) is 8.04. The summed E-state index contributed by atoms with van der Waals surface area (Å²) in [5, 5.41) is 0.894. The molecule has 3 rings (SSSR count). The van der Waals surface area contributed by atoms with E-state index in [1.807, 2.05) is 4.90 Å². The van der Waals surface area contributed by atoms with Crippen LogP contribution in [0, 0.1) is 0 Å². The number of carbonyl (C=O) groups excluding carboxylic acids is 1. The van der Waals surface area contributed by atoms with Crippen molar-refractivity contribution in [2.45, 2.75) is 32.2 Å². The molecule has 0 saturated carbocycles. The maximum absolute atomic E-state index is 12.5. The normalized spacial score (nSPS) is 18.5. The van der Waals surface area contributed by atoms with Crippen LogP contribution < -0.4 is 0 Å². The topological polar surface area (TPSA) is 46.3 Å². The summed E-state index contributed by atoms with van der Waals surface area (Å²) in [7, 11) is 0. The lowest BCUT2D eigenvalue weighted by atomic mass is 10.0. The molecular weight excluding hydrogens is 323 g/mol. The Kier molecular flexibility index (Phi) is 4.41. The van der Waals surface area contributed by atoms with Crippen molar-refractivity contribution in [2.24, 2.45) is 0 Å². The average Bonchev–Trinajstić information content (AvgIpc) is 3.00. The molecule has 1 aromatic carbocycles. The van der Waals surface area contributed by atoms with Crippen LogP contribution in [0.15, 0.2) is 28.9 Å². The van der Waals surface area contributed by atoms with Crippen LogP contribution in [-0.4, -0.2) is 28.4 Å². The number of oxazole rings is 1. The molecule has 1 atom stereocenters. The van der Waals surface area contributed by atoms with Gasteiger partial charge in [0.05, 0.1) is 10.0 Å². The molecule has 0 spiro atoms. The third-order valence-electron chi connectivity index (χ3n) is 3.95. The zero-order valence-electron chi connectivity index (χ0n) is 12.2. The summed E-state index contributed by atoms with van der Waals surface area (Å²) >= 11 is 11.9. The van der Waals surface area contributed by atoms with E-state index >= 15 is 0 Å². The van der Waals surface area contributed by atoms with Crippen LogP contribution in [0.25, 0.3) is 11.5 Å². The summed E-state index contributed by atoms with van der Waals surface area (Å²) in [5.41, 5.74) is 1.02. The van der Waals surface area contributed by atoms with Gasteiger partial charge in [0, 0.05) is 18.2 Å². The lowest BCUT2D eigenvalue weighted by Gasteiger charge is -2.32. The summed E-state index contributed by atoms with van der Waals surface area (Å²) in [4.78, 5) is 18.7. The first-order chi connectivity index (χ1) is 10.6. The van der Waals surface area contributed by atoms with Crippen LogP contribution >= 0.6 is 23.2 Å². The highest BCUT2D eigenvalue weighted by molar-refractivity contribution is 6.42. The molecule has 22 heavy (non-hydrogen) atoms. The number of nitrogens with zero attached hydrogens (tertiary/aromatic N) is 2. The molecule has 1 unspecified atom stereocenters. The first-order valence-electron chi connectivity index (χ1n) is 7.28. The third kappa shape index (κ3) is 2.99. The van der Waals surface area contributed by atoms with E-state index in [0.29, 0.717) is 27.2 Å². The van der Waals surface area contributed by atoms with E-state index in [0.717, 1.165) is 25.8 Å². The van der Waals surface area contributed by atoms with E-state index in [1.54, 1.807) is 18.2 Å². The second-order valence-corrected chi connectivity index (χ2v) is 6.32. The Hall–Kier alpha value is -1.52. The van der Waals surface area contributed by atoms with Gasteiger partial charge in [0.25, 0.3) is 5.91 Å². The first kappa shape index (κ1) is 15.4. The number of rotatable bonds is 2. The summed E-state index contributed by atoms with van der Waals surface area (Å²) in [6, 6.07) is 5.36. The highest BCUT2D eigenvalue weighted by Gasteiger charge is 2.26. The summed E-state index contributed by atoms with van der Waals surface area (Å²) in [6.07, 6.45) is 4.64. The van der Waals surface area contributed by atoms with E-state index < -0.39 is 0 Å². The van der Waals surface area contributed by atoms with Gasteiger partial charge in [-0.25, -0.2) is 4.98 Å². The van der Waals surface area contributed by atoms with Crippen molar-refractivity contribution >= 4 is 29.1 Å². The minimum atomic E-state index is -0.0812. The maximum atomic E-state index is 12.5. The molecule has 6 heteroatoms. The number of aromatic nitrogens is 1. The molecule has 1 aliphatic heterocycles. The predicted molar refractivity (Wildman–Crippen MR) is 86.3 cm³/mol. The van der Waals surface area contributed by atoms with Crippen molar-refractivity contribution in [1.82, 2.24) is 9.88 Å². The molecule has 0 aliphatic carbocycles. The quantitative estimate of drug-likeness (QED) is 0.799.